The number of hydrogen-bond donors (Lipinski definition) is 0. The van der Waals surface area contributed by atoms with Crippen LogP contribution in [0.5, 0.6) is 5.75 Å². The summed E-state index contributed by atoms with van der Waals surface area (Å²) in [5.74, 6) is 1.16. The molecule has 0 saturated heterocycles. The number of ether oxygens (including phenoxy) is 1. The van der Waals surface area contributed by atoms with Gasteiger partial charge in [-0.15, -0.1) is 0 Å². The van der Waals surface area contributed by atoms with Gasteiger partial charge in [0.15, 0.2) is 11.6 Å². The van der Waals surface area contributed by atoms with E-state index in [9.17, 15) is 4.79 Å². The van der Waals surface area contributed by atoms with Crippen LogP contribution in [0.15, 0.2) is 90.6 Å². The van der Waals surface area contributed by atoms with Crippen LogP contribution >= 0.6 is 0 Å². The summed E-state index contributed by atoms with van der Waals surface area (Å²) in [6.45, 7) is 0.418. The molecule has 0 saturated carbocycles. The molecule has 9 heteroatoms. The highest BCUT2D eigenvalue weighted by molar-refractivity contribution is 5.56. The summed E-state index contributed by atoms with van der Waals surface area (Å²) in [5, 5.41) is 8.67. The van der Waals surface area contributed by atoms with Gasteiger partial charge in [-0.25, -0.2) is 14.6 Å². The highest BCUT2D eigenvalue weighted by atomic mass is 16.5. The second-order valence-corrected chi connectivity index (χ2v) is 7.71. The lowest BCUT2D eigenvalue weighted by Gasteiger charge is -2.08. The lowest BCUT2D eigenvalue weighted by Crippen LogP contribution is -2.16. The van der Waals surface area contributed by atoms with Crippen LogP contribution in [0.4, 0.5) is 0 Å². The van der Waals surface area contributed by atoms with Gasteiger partial charge in [-0.2, -0.15) is 10.2 Å². The van der Waals surface area contributed by atoms with E-state index in [-0.39, 0.29) is 5.43 Å². The molecule has 0 radical (unpaired) electrons. The Bertz CT molecular complexity index is 1460. The minimum absolute atomic E-state index is 0.113. The average molecular weight is 451 g/mol. The lowest BCUT2D eigenvalue weighted by molar-refractivity contribution is 0.303. The van der Waals surface area contributed by atoms with Crippen LogP contribution in [0.3, 0.4) is 0 Å². The first kappa shape index (κ1) is 21.2. The highest BCUT2D eigenvalue weighted by Crippen LogP contribution is 2.19. The molecule has 0 amide bonds. The van der Waals surface area contributed by atoms with Gasteiger partial charge in [0.25, 0.3) is 0 Å². The van der Waals surface area contributed by atoms with Crippen LogP contribution in [-0.2, 0) is 20.1 Å². The van der Waals surface area contributed by atoms with Crippen molar-refractivity contribution in [2.75, 3.05) is 0 Å². The van der Waals surface area contributed by atoms with E-state index >= 15 is 0 Å². The van der Waals surface area contributed by atoms with Gasteiger partial charge >= 0.3 is 0 Å². The van der Waals surface area contributed by atoms with Gasteiger partial charge in [0.1, 0.15) is 18.0 Å². The van der Waals surface area contributed by atoms with Gasteiger partial charge < -0.3 is 4.74 Å². The largest absolute Gasteiger partial charge is 0.486 e. The van der Waals surface area contributed by atoms with Crippen LogP contribution < -0.4 is 10.2 Å². The summed E-state index contributed by atoms with van der Waals surface area (Å²) in [4.78, 5) is 25.3. The van der Waals surface area contributed by atoms with Crippen LogP contribution in [0.2, 0.25) is 0 Å². The van der Waals surface area contributed by atoms with E-state index in [2.05, 4.69) is 25.1 Å². The summed E-state index contributed by atoms with van der Waals surface area (Å²) in [7, 11) is 1.83. The first-order valence-electron chi connectivity index (χ1n) is 10.6. The third kappa shape index (κ3) is 4.88. The third-order valence-corrected chi connectivity index (χ3v) is 5.18. The Hall–Kier alpha value is -4.66. The maximum absolute atomic E-state index is 12.4. The molecule has 34 heavy (non-hydrogen) atoms. The fourth-order valence-electron chi connectivity index (χ4n) is 3.44. The Morgan fingerprint density at radius 1 is 0.971 bits per heavy atom. The minimum Gasteiger partial charge on any atom is -0.486 e. The third-order valence-electron chi connectivity index (χ3n) is 5.18. The molecule has 0 fully saturated rings. The van der Waals surface area contributed by atoms with Crippen LogP contribution in [0.1, 0.15) is 16.8 Å². The standard InChI is InChI=1S/C25H21N7O2/c1-31-16-21(13-29-31)32-10-7-24(33)23(30-32)12-19-3-2-4-20(11-19)25-27-14-22(15-28-25)34-17-18-5-8-26-9-6-18/h2-11,13-16H,12,17H2,1H3. The average Bonchev–Trinajstić information content (AvgIpc) is 3.31. The quantitative estimate of drug-likeness (QED) is 0.375. The second-order valence-electron chi connectivity index (χ2n) is 7.71. The maximum Gasteiger partial charge on any atom is 0.203 e. The molecule has 4 heterocycles. The van der Waals surface area contributed by atoms with E-state index in [0.717, 1.165) is 22.4 Å². The summed E-state index contributed by atoms with van der Waals surface area (Å²) in [5.41, 5.74) is 3.93. The van der Waals surface area contributed by atoms with Crippen LogP contribution in [0.25, 0.3) is 17.1 Å². The van der Waals surface area contributed by atoms with Crippen molar-refractivity contribution in [2.45, 2.75) is 13.0 Å². The molecule has 1 aromatic carbocycles. The molecule has 0 N–H and O–H groups in total. The Labute approximate surface area is 195 Å². The summed E-state index contributed by atoms with van der Waals surface area (Å²) < 4.78 is 9.09. The topological polar surface area (TPSA) is 101 Å². The smallest absolute Gasteiger partial charge is 0.203 e. The molecule has 0 atom stereocenters. The monoisotopic (exact) mass is 451 g/mol. The zero-order valence-electron chi connectivity index (χ0n) is 18.4. The zero-order valence-corrected chi connectivity index (χ0v) is 18.4. The SMILES string of the molecule is Cn1cc(-n2ccc(=O)c(Cc3cccc(-c4ncc(OCc5ccncc5)cn4)c3)n2)cn1. The lowest BCUT2D eigenvalue weighted by atomic mass is 10.1. The van der Waals surface area contributed by atoms with Crippen molar-refractivity contribution in [1.82, 2.24) is 34.5 Å². The fourth-order valence-corrected chi connectivity index (χ4v) is 3.44. The van der Waals surface area contributed by atoms with Crippen molar-refractivity contribution >= 4 is 0 Å². The molecule has 5 rings (SSSR count). The molecule has 168 valence electrons. The van der Waals surface area contributed by atoms with E-state index in [4.69, 9.17) is 4.74 Å². The number of aromatic nitrogens is 7. The number of rotatable bonds is 7. The van der Waals surface area contributed by atoms with E-state index < -0.39 is 0 Å². The molecule has 4 aromatic heterocycles. The number of hydrogen-bond acceptors (Lipinski definition) is 7. The summed E-state index contributed by atoms with van der Waals surface area (Å²) in [6, 6.07) is 13.1. The second kappa shape index (κ2) is 9.45. The normalized spacial score (nSPS) is 10.9. The van der Waals surface area contributed by atoms with Crippen molar-refractivity contribution in [2.24, 2.45) is 7.05 Å². The molecule has 0 spiro atoms. The fraction of sp³-hybridized carbons (Fsp3) is 0.120. The number of benzene rings is 1. The molecule has 0 aliphatic carbocycles. The molecule has 0 unspecified atom stereocenters. The van der Waals surface area contributed by atoms with E-state index in [1.54, 1.807) is 46.5 Å². The van der Waals surface area contributed by atoms with E-state index in [1.165, 1.54) is 6.07 Å². The van der Waals surface area contributed by atoms with Crippen molar-refractivity contribution in [3.8, 4) is 22.8 Å². The first-order chi connectivity index (χ1) is 16.6. The highest BCUT2D eigenvalue weighted by Gasteiger charge is 2.09. The van der Waals surface area contributed by atoms with Crippen LogP contribution in [-0.4, -0.2) is 34.5 Å². The zero-order chi connectivity index (χ0) is 23.3. The summed E-state index contributed by atoms with van der Waals surface area (Å²) in [6.07, 6.45) is 12.3. The van der Waals surface area contributed by atoms with Gasteiger partial charge in [-0.1, -0.05) is 18.2 Å². The first-order valence-corrected chi connectivity index (χ1v) is 10.6. The summed E-state index contributed by atoms with van der Waals surface area (Å²) >= 11 is 0. The number of aryl methyl sites for hydroxylation is 1. The van der Waals surface area contributed by atoms with Crippen LogP contribution in [0, 0.1) is 0 Å². The van der Waals surface area contributed by atoms with E-state index in [1.807, 2.05) is 49.6 Å². The van der Waals surface area contributed by atoms with Gasteiger partial charge in [0.2, 0.25) is 5.43 Å². The Balaban J connectivity index is 1.32. The maximum atomic E-state index is 12.4. The molecule has 0 bridgehead atoms. The van der Waals surface area contributed by atoms with E-state index in [0.29, 0.717) is 30.3 Å². The van der Waals surface area contributed by atoms with Crippen molar-refractivity contribution < 1.29 is 4.74 Å². The van der Waals surface area contributed by atoms with Gasteiger partial charge in [-0.05, 0) is 29.3 Å². The van der Waals surface area contributed by atoms with Crippen molar-refractivity contribution in [3.05, 3.63) is 113 Å². The van der Waals surface area contributed by atoms with Gasteiger partial charge in [-0.3, -0.25) is 14.5 Å². The predicted octanol–water partition coefficient (Wildman–Crippen LogP) is 2.99. The molecule has 9 nitrogen and oxygen atoms in total. The molecule has 5 aromatic rings. The molecular formula is C25H21N7O2. The molecule has 0 aliphatic rings. The minimum atomic E-state index is -0.113. The Morgan fingerprint density at radius 2 is 1.79 bits per heavy atom. The molecule has 0 aliphatic heterocycles. The Kier molecular flexibility index (Phi) is 5.89. The Morgan fingerprint density at radius 3 is 2.56 bits per heavy atom. The number of nitrogens with zero attached hydrogens (tertiary/aromatic N) is 7. The van der Waals surface area contributed by atoms with Gasteiger partial charge in [0, 0.05) is 43.7 Å². The predicted molar refractivity (Wildman–Crippen MR) is 125 cm³/mol. The number of pyridine rings is 1. The molecular weight excluding hydrogens is 430 g/mol. The van der Waals surface area contributed by atoms with Gasteiger partial charge in [0.05, 0.1) is 24.8 Å². The van der Waals surface area contributed by atoms with Crippen molar-refractivity contribution in [1.29, 1.82) is 0 Å². The van der Waals surface area contributed by atoms with Crippen molar-refractivity contribution in [3.63, 3.8) is 0 Å².